The van der Waals surface area contributed by atoms with Crippen LogP contribution in [0.1, 0.15) is 83.4 Å². The van der Waals surface area contributed by atoms with Crippen molar-refractivity contribution in [1.29, 1.82) is 0 Å². The van der Waals surface area contributed by atoms with Gasteiger partial charge in [-0.05, 0) is 53.2 Å². The van der Waals surface area contributed by atoms with E-state index in [9.17, 15) is 24.2 Å². The van der Waals surface area contributed by atoms with Gasteiger partial charge in [-0.15, -0.1) is 0 Å². The van der Waals surface area contributed by atoms with Gasteiger partial charge in [-0.2, -0.15) is 0 Å². The molecule has 3 N–H and O–H groups in total. The van der Waals surface area contributed by atoms with E-state index in [0.29, 0.717) is 26.1 Å². The number of hydrogen-bond donors (Lipinski definition) is 3. The number of benzene rings is 1. The van der Waals surface area contributed by atoms with Crippen molar-refractivity contribution in [2.24, 2.45) is 10.8 Å². The van der Waals surface area contributed by atoms with Crippen molar-refractivity contribution in [2.45, 2.75) is 110 Å². The fourth-order valence-electron chi connectivity index (χ4n) is 6.67. The molecule has 246 valence electrons. The van der Waals surface area contributed by atoms with Gasteiger partial charge in [0.05, 0.1) is 19.1 Å². The number of alkyl carbamates (subject to hydrolysis) is 1. The number of aryl methyl sites for hydroxylation is 1. The minimum atomic E-state index is -1.14. The Morgan fingerprint density at radius 3 is 2.60 bits per heavy atom. The zero-order valence-electron chi connectivity index (χ0n) is 27.1. The summed E-state index contributed by atoms with van der Waals surface area (Å²) in [5.74, 6) is -1.58. The Morgan fingerprint density at radius 2 is 1.89 bits per heavy atom. The minimum absolute atomic E-state index is 0.0191. The largest absolute Gasteiger partial charge is 0.478 e. The third-order valence-corrected chi connectivity index (χ3v) is 9.36. The predicted molar refractivity (Wildman–Crippen MR) is 166 cm³/mol. The molecule has 13 heteroatoms. The number of carbonyl (C=O) groups is 4. The molecule has 0 radical (unpaired) electrons. The van der Waals surface area contributed by atoms with Gasteiger partial charge in [0.2, 0.25) is 11.8 Å². The van der Waals surface area contributed by atoms with Crippen LogP contribution in [-0.2, 0) is 43.2 Å². The van der Waals surface area contributed by atoms with E-state index in [-0.39, 0.29) is 25.0 Å². The van der Waals surface area contributed by atoms with E-state index in [0.717, 1.165) is 36.8 Å². The standard InChI is InChI=1S/C32H47BN4O8/c1-31(2,3)26-28(39)37-17-22(15-24(37)27(38)34-25-12-14-44-33(25)42)45-30(41)36-16-21-11-8-10-20(23(21)18-36)9-6-7-13-32(4,5)19-43-29(40)35-26/h8,10-11,22,24-26,42H,6-7,9,12-19H2,1-5H3,(H,34,38)(H,35,40)/t22-,24+,25?,26-/m1/s1. The highest BCUT2D eigenvalue weighted by atomic mass is 16.6. The summed E-state index contributed by atoms with van der Waals surface area (Å²) >= 11 is 0. The van der Waals surface area contributed by atoms with Crippen LogP contribution in [0, 0.1) is 10.8 Å². The Kier molecular flexibility index (Phi) is 9.69. The zero-order valence-corrected chi connectivity index (χ0v) is 27.1. The number of ether oxygens (including phenoxy) is 2. The summed E-state index contributed by atoms with van der Waals surface area (Å²) in [6, 6.07) is 4.17. The second kappa shape index (κ2) is 13.2. The lowest BCUT2D eigenvalue weighted by atomic mass is 9.80. The first-order valence-electron chi connectivity index (χ1n) is 16.1. The number of fused-ring (bicyclic) bond motifs is 3. The number of amides is 4. The van der Waals surface area contributed by atoms with Crippen molar-refractivity contribution < 1.29 is 38.3 Å². The van der Waals surface area contributed by atoms with E-state index in [2.05, 4.69) is 30.5 Å². The molecule has 2 fully saturated rings. The second-order valence-corrected chi connectivity index (χ2v) is 14.7. The molecule has 4 heterocycles. The molecule has 4 bridgehead atoms. The smallest absolute Gasteiger partial charge is 0.449 e. The maximum Gasteiger partial charge on any atom is 0.478 e. The number of nitrogens with one attached hydrogen (secondary N) is 2. The first-order chi connectivity index (χ1) is 21.2. The molecule has 4 atom stereocenters. The van der Waals surface area contributed by atoms with Crippen LogP contribution in [0.4, 0.5) is 9.59 Å². The highest BCUT2D eigenvalue weighted by Crippen LogP contribution is 2.32. The van der Waals surface area contributed by atoms with Crippen molar-refractivity contribution in [3.63, 3.8) is 0 Å². The van der Waals surface area contributed by atoms with Gasteiger partial charge < -0.3 is 34.7 Å². The quantitative estimate of drug-likeness (QED) is 0.425. The molecule has 1 unspecified atom stereocenters. The normalized spacial score (nSPS) is 28.0. The van der Waals surface area contributed by atoms with Gasteiger partial charge >= 0.3 is 19.3 Å². The van der Waals surface area contributed by atoms with Gasteiger partial charge in [-0.1, -0.05) is 59.2 Å². The summed E-state index contributed by atoms with van der Waals surface area (Å²) in [5.41, 5.74) is 2.46. The third-order valence-electron chi connectivity index (χ3n) is 9.36. The van der Waals surface area contributed by atoms with Crippen molar-refractivity contribution >= 4 is 31.1 Å². The van der Waals surface area contributed by atoms with Gasteiger partial charge in [0.1, 0.15) is 18.2 Å². The first kappa shape index (κ1) is 33.1. The maximum absolute atomic E-state index is 14.2. The molecule has 2 saturated heterocycles. The summed E-state index contributed by atoms with van der Waals surface area (Å²) in [6.45, 7) is 10.9. The Bertz CT molecular complexity index is 1300. The number of nitrogens with zero attached hydrogens (tertiary/aromatic N) is 2. The molecule has 4 aliphatic rings. The second-order valence-electron chi connectivity index (χ2n) is 14.7. The average molecular weight is 627 g/mol. The molecule has 1 aromatic rings. The summed E-state index contributed by atoms with van der Waals surface area (Å²) in [7, 11) is -1.14. The highest BCUT2D eigenvalue weighted by Gasteiger charge is 2.48. The monoisotopic (exact) mass is 626 g/mol. The molecule has 1 aromatic carbocycles. The van der Waals surface area contributed by atoms with Gasteiger partial charge in [0, 0.05) is 26.1 Å². The van der Waals surface area contributed by atoms with E-state index in [1.807, 2.05) is 32.9 Å². The van der Waals surface area contributed by atoms with Gasteiger partial charge in [0.25, 0.3) is 0 Å². The summed E-state index contributed by atoms with van der Waals surface area (Å²) in [4.78, 5) is 57.3. The summed E-state index contributed by atoms with van der Waals surface area (Å²) in [5, 5.41) is 15.7. The fraction of sp³-hybridized carbons (Fsp3) is 0.688. The highest BCUT2D eigenvalue weighted by molar-refractivity contribution is 6.46. The first-order valence-corrected chi connectivity index (χ1v) is 16.1. The SMILES string of the molecule is CC1(C)CCCCc2cccc3c2CN(C3)C(=O)O[C@@H]2C[C@@H](C(=O)NC3CCOB3O)N(C2)C(=O)[C@H](C(C)(C)C)NC(=O)OC1. The number of carbonyl (C=O) groups excluding carboxylic acids is 4. The zero-order chi connectivity index (χ0) is 32.5. The molecular formula is C32H47BN4O8. The van der Waals surface area contributed by atoms with E-state index in [1.54, 1.807) is 4.90 Å². The molecule has 0 aromatic heterocycles. The van der Waals surface area contributed by atoms with E-state index >= 15 is 0 Å². The molecule has 0 aliphatic carbocycles. The Morgan fingerprint density at radius 1 is 1.13 bits per heavy atom. The van der Waals surface area contributed by atoms with Crippen LogP contribution < -0.4 is 10.6 Å². The summed E-state index contributed by atoms with van der Waals surface area (Å²) < 4.78 is 16.8. The Balaban J connectivity index is 1.42. The number of rotatable bonds is 2. The van der Waals surface area contributed by atoms with Crippen molar-refractivity contribution in [3.05, 3.63) is 34.9 Å². The lowest BCUT2D eigenvalue weighted by Crippen LogP contribution is -2.59. The minimum Gasteiger partial charge on any atom is -0.449 e. The molecule has 0 spiro atoms. The molecule has 45 heavy (non-hydrogen) atoms. The molecule has 4 aliphatic heterocycles. The van der Waals surface area contributed by atoms with Crippen molar-refractivity contribution in [2.75, 3.05) is 19.8 Å². The van der Waals surface area contributed by atoms with Crippen LogP contribution in [-0.4, -0.2) is 89.8 Å². The van der Waals surface area contributed by atoms with Crippen LogP contribution in [0.5, 0.6) is 0 Å². The summed E-state index contributed by atoms with van der Waals surface area (Å²) in [6.07, 6.45) is 2.19. The molecule has 0 saturated carbocycles. The molecule has 12 nitrogen and oxygen atoms in total. The van der Waals surface area contributed by atoms with E-state index in [4.69, 9.17) is 14.1 Å². The van der Waals surface area contributed by atoms with E-state index < -0.39 is 60.7 Å². The van der Waals surface area contributed by atoms with Crippen LogP contribution >= 0.6 is 0 Å². The Labute approximate surface area is 265 Å². The topological polar surface area (TPSA) is 147 Å². The third kappa shape index (κ3) is 7.74. The van der Waals surface area contributed by atoms with Gasteiger partial charge in [-0.25, -0.2) is 9.59 Å². The average Bonchev–Trinajstić information content (AvgIpc) is 3.70. The predicted octanol–water partition coefficient (Wildman–Crippen LogP) is 2.93. The lowest BCUT2D eigenvalue weighted by Gasteiger charge is -2.35. The van der Waals surface area contributed by atoms with Crippen LogP contribution in [0.3, 0.4) is 0 Å². The molecule has 5 rings (SSSR count). The van der Waals surface area contributed by atoms with Crippen molar-refractivity contribution in [1.82, 2.24) is 20.4 Å². The Hall–Kier alpha value is -3.32. The maximum atomic E-state index is 14.2. The van der Waals surface area contributed by atoms with Crippen LogP contribution in [0.25, 0.3) is 0 Å². The fourth-order valence-corrected chi connectivity index (χ4v) is 6.67. The van der Waals surface area contributed by atoms with E-state index in [1.165, 1.54) is 10.5 Å². The molecule has 4 amide bonds. The van der Waals surface area contributed by atoms with Gasteiger partial charge in [0.15, 0.2) is 0 Å². The lowest BCUT2D eigenvalue weighted by molar-refractivity contribution is -0.142. The number of hydrogen-bond acceptors (Lipinski definition) is 8. The van der Waals surface area contributed by atoms with Crippen molar-refractivity contribution in [3.8, 4) is 0 Å². The van der Waals surface area contributed by atoms with Crippen LogP contribution in [0.2, 0.25) is 0 Å². The van der Waals surface area contributed by atoms with Crippen LogP contribution in [0.15, 0.2) is 18.2 Å². The molecular weight excluding hydrogens is 579 g/mol. The number of cyclic esters (lactones) is 1. The van der Waals surface area contributed by atoms with Gasteiger partial charge in [-0.3, -0.25) is 14.5 Å².